The molecule has 1 saturated heterocycles. The Labute approximate surface area is 96.1 Å². The van der Waals surface area contributed by atoms with Gasteiger partial charge in [0, 0.05) is 26.8 Å². The molecule has 1 aliphatic rings. The van der Waals surface area contributed by atoms with E-state index >= 15 is 0 Å². The van der Waals surface area contributed by atoms with Crippen LogP contribution in [0.15, 0.2) is 17.5 Å². The summed E-state index contributed by atoms with van der Waals surface area (Å²) in [7, 11) is 0. The van der Waals surface area contributed by atoms with Gasteiger partial charge in [0.2, 0.25) is 0 Å². The minimum absolute atomic E-state index is 0.290. The molecule has 2 aromatic heterocycles. The van der Waals surface area contributed by atoms with E-state index in [9.17, 15) is 5.11 Å². The lowest BCUT2D eigenvalue weighted by molar-refractivity contribution is 0.0945. The number of aliphatic hydroxyl groups is 1. The van der Waals surface area contributed by atoms with Crippen LogP contribution in [0, 0.1) is 5.92 Å². The predicted molar refractivity (Wildman–Crippen MR) is 63.6 cm³/mol. The number of aliphatic hydroxyl groups excluding tert-OH is 1. The van der Waals surface area contributed by atoms with Crippen LogP contribution >= 0.6 is 22.7 Å². The first-order valence-corrected chi connectivity index (χ1v) is 6.77. The summed E-state index contributed by atoms with van der Waals surface area (Å²) in [6.45, 7) is 1.49. The summed E-state index contributed by atoms with van der Waals surface area (Å²) in [5.74, 6) is 0.290. The van der Waals surface area contributed by atoms with Gasteiger partial charge in [-0.3, -0.25) is 0 Å². The first-order valence-electron chi connectivity index (χ1n) is 5.07. The fraction of sp³-hybridized carbons (Fsp3) is 0.455. The second-order valence-corrected chi connectivity index (χ2v) is 5.93. The Balaban J connectivity index is 1.89. The summed E-state index contributed by atoms with van der Waals surface area (Å²) < 4.78 is 7.87. The van der Waals surface area contributed by atoms with Crippen molar-refractivity contribution in [3.8, 4) is 0 Å². The zero-order valence-corrected chi connectivity index (χ0v) is 9.81. The standard InChI is InChI=1S/C11H12O2S2/c12-11(7-1-3-13-6-7)10-5-9-8(15-10)2-4-14-9/h2,4-5,7,11-12H,1,3,6H2. The zero-order chi connectivity index (χ0) is 10.3. The lowest BCUT2D eigenvalue weighted by Crippen LogP contribution is -2.10. The Morgan fingerprint density at radius 1 is 1.47 bits per heavy atom. The molecule has 2 nitrogen and oxygen atoms in total. The van der Waals surface area contributed by atoms with Crippen LogP contribution in [0.3, 0.4) is 0 Å². The van der Waals surface area contributed by atoms with Crippen LogP contribution < -0.4 is 0 Å². The highest BCUT2D eigenvalue weighted by molar-refractivity contribution is 7.26. The molecular weight excluding hydrogens is 228 g/mol. The Hall–Kier alpha value is -0.420. The van der Waals surface area contributed by atoms with Crippen molar-refractivity contribution in [1.82, 2.24) is 0 Å². The van der Waals surface area contributed by atoms with Gasteiger partial charge in [-0.25, -0.2) is 0 Å². The highest BCUT2D eigenvalue weighted by Crippen LogP contribution is 2.37. The van der Waals surface area contributed by atoms with Gasteiger partial charge in [-0.2, -0.15) is 0 Å². The molecule has 0 aliphatic carbocycles. The molecule has 0 spiro atoms. The van der Waals surface area contributed by atoms with E-state index < -0.39 is 0 Å². The Kier molecular flexibility index (Phi) is 2.52. The van der Waals surface area contributed by atoms with Crippen LogP contribution in [-0.4, -0.2) is 18.3 Å². The molecule has 1 aliphatic heterocycles. The molecule has 0 bridgehead atoms. The van der Waals surface area contributed by atoms with Crippen molar-refractivity contribution in [1.29, 1.82) is 0 Å². The summed E-state index contributed by atoms with van der Waals surface area (Å²) in [5.41, 5.74) is 0. The van der Waals surface area contributed by atoms with Crippen LogP contribution in [0.2, 0.25) is 0 Å². The number of rotatable bonds is 2. The molecule has 4 heteroatoms. The topological polar surface area (TPSA) is 29.5 Å². The minimum Gasteiger partial charge on any atom is -0.387 e. The molecule has 3 heterocycles. The smallest absolute Gasteiger partial charge is 0.0933 e. The van der Waals surface area contributed by atoms with Gasteiger partial charge in [-0.15, -0.1) is 22.7 Å². The first kappa shape index (κ1) is 9.78. The molecule has 15 heavy (non-hydrogen) atoms. The molecule has 2 unspecified atom stereocenters. The van der Waals surface area contributed by atoms with E-state index in [1.807, 2.05) is 0 Å². The van der Waals surface area contributed by atoms with Crippen LogP contribution in [0.1, 0.15) is 17.4 Å². The lowest BCUT2D eigenvalue weighted by Gasteiger charge is -2.14. The van der Waals surface area contributed by atoms with Crippen molar-refractivity contribution < 1.29 is 9.84 Å². The van der Waals surface area contributed by atoms with E-state index in [0.717, 1.165) is 17.9 Å². The molecule has 2 atom stereocenters. The average Bonchev–Trinajstić information content (AvgIpc) is 2.92. The summed E-state index contributed by atoms with van der Waals surface area (Å²) in [5, 5.41) is 12.3. The van der Waals surface area contributed by atoms with Crippen molar-refractivity contribution in [3.05, 3.63) is 22.4 Å². The maximum atomic E-state index is 10.2. The highest BCUT2D eigenvalue weighted by atomic mass is 32.1. The van der Waals surface area contributed by atoms with Crippen LogP contribution in [0.5, 0.6) is 0 Å². The van der Waals surface area contributed by atoms with Gasteiger partial charge >= 0.3 is 0 Å². The molecular formula is C11H12O2S2. The highest BCUT2D eigenvalue weighted by Gasteiger charge is 2.26. The number of hydrogen-bond acceptors (Lipinski definition) is 4. The Morgan fingerprint density at radius 3 is 3.13 bits per heavy atom. The van der Waals surface area contributed by atoms with E-state index in [1.165, 1.54) is 9.40 Å². The van der Waals surface area contributed by atoms with Crippen molar-refractivity contribution in [2.45, 2.75) is 12.5 Å². The summed E-state index contributed by atoms with van der Waals surface area (Å²) in [6, 6.07) is 4.24. The van der Waals surface area contributed by atoms with Crippen molar-refractivity contribution in [2.24, 2.45) is 5.92 Å². The average molecular weight is 240 g/mol. The maximum Gasteiger partial charge on any atom is 0.0933 e. The van der Waals surface area contributed by atoms with Crippen LogP contribution in [-0.2, 0) is 4.74 Å². The predicted octanol–water partition coefficient (Wildman–Crippen LogP) is 3.03. The van der Waals surface area contributed by atoms with E-state index in [4.69, 9.17) is 4.74 Å². The van der Waals surface area contributed by atoms with E-state index in [-0.39, 0.29) is 12.0 Å². The maximum absolute atomic E-state index is 10.2. The van der Waals surface area contributed by atoms with Crippen molar-refractivity contribution >= 4 is 32.1 Å². The Bertz CT molecular complexity index is 425. The summed E-state index contributed by atoms with van der Waals surface area (Å²) >= 11 is 3.44. The van der Waals surface area contributed by atoms with Gasteiger partial charge in [-0.05, 0) is 23.9 Å². The number of thiophene rings is 2. The van der Waals surface area contributed by atoms with E-state index in [0.29, 0.717) is 6.61 Å². The van der Waals surface area contributed by atoms with Crippen LogP contribution in [0.4, 0.5) is 0 Å². The van der Waals surface area contributed by atoms with Gasteiger partial charge in [0.15, 0.2) is 0 Å². The van der Waals surface area contributed by atoms with Gasteiger partial charge in [0.05, 0.1) is 12.7 Å². The zero-order valence-electron chi connectivity index (χ0n) is 8.18. The third-order valence-corrected chi connectivity index (χ3v) is 5.03. The van der Waals surface area contributed by atoms with E-state index in [1.54, 1.807) is 22.7 Å². The molecule has 0 saturated carbocycles. The van der Waals surface area contributed by atoms with Crippen molar-refractivity contribution in [3.63, 3.8) is 0 Å². The quantitative estimate of drug-likeness (QED) is 0.874. The van der Waals surface area contributed by atoms with Crippen molar-refractivity contribution in [2.75, 3.05) is 13.2 Å². The molecule has 0 radical (unpaired) electrons. The minimum atomic E-state index is -0.336. The molecule has 1 N–H and O–H groups in total. The molecule has 1 fully saturated rings. The third-order valence-electron chi connectivity index (χ3n) is 2.86. The number of ether oxygens (including phenoxy) is 1. The third kappa shape index (κ3) is 1.72. The second kappa shape index (κ2) is 3.87. The fourth-order valence-electron chi connectivity index (χ4n) is 1.96. The monoisotopic (exact) mass is 240 g/mol. The molecule has 2 aromatic rings. The number of fused-ring (bicyclic) bond motifs is 1. The molecule has 3 rings (SSSR count). The van der Waals surface area contributed by atoms with Gasteiger partial charge in [0.1, 0.15) is 0 Å². The summed E-state index contributed by atoms with van der Waals surface area (Å²) in [4.78, 5) is 1.09. The Morgan fingerprint density at radius 2 is 2.40 bits per heavy atom. The fourth-order valence-corrected chi connectivity index (χ4v) is 4.16. The van der Waals surface area contributed by atoms with Gasteiger partial charge < -0.3 is 9.84 Å². The lowest BCUT2D eigenvalue weighted by atomic mass is 10.0. The molecule has 0 aromatic carbocycles. The SMILES string of the molecule is OC(c1cc2sccc2s1)C1CCOC1. The summed E-state index contributed by atoms with van der Waals surface area (Å²) in [6.07, 6.45) is 0.643. The molecule has 80 valence electrons. The normalized spacial score (nSPS) is 23.7. The number of hydrogen-bond donors (Lipinski definition) is 1. The van der Waals surface area contributed by atoms with E-state index in [2.05, 4.69) is 17.5 Å². The van der Waals surface area contributed by atoms with Gasteiger partial charge in [-0.1, -0.05) is 0 Å². The molecule has 0 amide bonds. The second-order valence-electron chi connectivity index (χ2n) is 3.87. The largest absolute Gasteiger partial charge is 0.387 e. The van der Waals surface area contributed by atoms with Crippen LogP contribution in [0.25, 0.3) is 9.40 Å². The first-order chi connectivity index (χ1) is 7.34. The van der Waals surface area contributed by atoms with Gasteiger partial charge in [0.25, 0.3) is 0 Å².